The maximum absolute atomic E-state index is 14.2. The van der Waals surface area contributed by atoms with E-state index in [9.17, 15) is 18.0 Å². The second kappa shape index (κ2) is 14.6. The van der Waals surface area contributed by atoms with Gasteiger partial charge < -0.3 is 10.2 Å². The molecule has 0 saturated heterocycles. The number of hydrogen-bond acceptors (Lipinski definition) is 4. The van der Waals surface area contributed by atoms with E-state index in [4.69, 9.17) is 34.8 Å². The fourth-order valence-electron chi connectivity index (χ4n) is 5.17. The Bertz CT molecular complexity index is 1480. The zero-order valence-corrected chi connectivity index (χ0v) is 26.4. The lowest BCUT2D eigenvalue weighted by molar-refractivity contribution is -0.140. The van der Waals surface area contributed by atoms with Crippen LogP contribution in [0.4, 0.5) is 5.69 Å². The largest absolute Gasteiger partial charge is 0.352 e. The van der Waals surface area contributed by atoms with Crippen LogP contribution in [0.25, 0.3) is 0 Å². The van der Waals surface area contributed by atoms with Crippen LogP contribution >= 0.6 is 34.8 Å². The Morgan fingerprint density at radius 1 is 0.905 bits per heavy atom. The number of rotatable bonds is 11. The third kappa shape index (κ3) is 7.98. The van der Waals surface area contributed by atoms with E-state index < -0.39 is 28.5 Å². The first-order chi connectivity index (χ1) is 20.1. The number of hydrogen-bond donors (Lipinski definition) is 1. The Morgan fingerprint density at radius 3 is 2.17 bits per heavy atom. The SMILES string of the molecule is CCC(C(=O)NC1CCCCC1)N(Cc1ccc(Cl)cc1)C(=O)CN(c1ccc(Cl)cc1Cl)S(=O)(=O)c1ccccc1. The molecule has 42 heavy (non-hydrogen) atoms. The lowest BCUT2D eigenvalue weighted by atomic mass is 9.95. The summed E-state index contributed by atoms with van der Waals surface area (Å²) in [4.78, 5) is 29.2. The van der Waals surface area contributed by atoms with Crippen LogP contribution in [0.1, 0.15) is 51.0 Å². The first-order valence-corrected chi connectivity index (χ1v) is 16.5. The molecule has 1 N–H and O–H groups in total. The topological polar surface area (TPSA) is 86.8 Å². The van der Waals surface area contributed by atoms with E-state index in [1.54, 1.807) is 42.5 Å². The van der Waals surface area contributed by atoms with Crippen molar-refractivity contribution in [2.75, 3.05) is 10.8 Å². The Hall–Kier alpha value is -2.78. The van der Waals surface area contributed by atoms with Crippen molar-refractivity contribution >= 4 is 62.3 Å². The number of carbonyl (C=O) groups is 2. The summed E-state index contributed by atoms with van der Waals surface area (Å²) in [6.07, 6.45) is 5.36. The Labute approximate surface area is 262 Å². The Kier molecular flexibility index (Phi) is 11.2. The molecule has 11 heteroatoms. The zero-order valence-electron chi connectivity index (χ0n) is 23.3. The lowest BCUT2D eigenvalue weighted by Crippen LogP contribution is -2.54. The van der Waals surface area contributed by atoms with Gasteiger partial charge in [0.15, 0.2) is 0 Å². The molecule has 1 saturated carbocycles. The van der Waals surface area contributed by atoms with E-state index in [0.29, 0.717) is 16.5 Å². The van der Waals surface area contributed by atoms with Crippen LogP contribution in [0.2, 0.25) is 15.1 Å². The van der Waals surface area contributed by atoms with Crippen molar-refractivity contribution in [1.29, 1.82) is 0 Å². The molecule has 0 spiro atoms. The average Bonchev–Trinajstić information content (AvgIpc) is 2.98. The molecule has 1 atom stereocenters. The maximum Gasteiger partial charge on any atom is 0.264 e. The minimum absolute atomic E-state index is 0.00449. The molecular weight excluding hydrogens is 617 g/mol. The molecule has 1 unspecified atom stereocenters. The summed E-state index contributed by atoms with van der Waals surface area (Å²) in [6.45, 7) is 1.33. The van der Waals surface area contributed by atoms with E-state index in [0.717, 1.165) is 42.0 Å². The fraction of sp³-hybridized carbons (Fsp3) is 0.355. The Morgan fingerprint density at radius 2 is 1.55 bits per heavy atom. The number of sulfonamides is 1. The molecule has 0 radical (unpaired) electrons. The molecule has 0 aromatic heterocycles. The van der Waals surface area contributed by atoms with Gasteiger partial charge >= 0.3 is 0 Å². The molecule has 0 heterocycles. The summed E-state index contributed by atoms with van der Waals surface area (Å²) < 4.78 is 28.8. The summed E-state index contributed by atoms with van der Waals surface area (Å²) >= 11 is 18.7. The number of carbonyl (C=O) groups excluding carboxylic acids is 2. The van der Waals surface area contributed by atoms with Gasteiger partial charge in [-0.2, -0.15) is 0 Å². The molecule has 1 aliphatic rings. The van der Waals surface area contributed by atoms with Crippen molar-refractivity contribution in [1.82, 2.24) is 10.2 Å². The molecule has 224 valence electrons. The van der Waals surface area contributed by atoms with Gasteiger partial charge in [-0.05, 0) is 67.3 Å². The van der Waals surface area contributed by atoms with Crippen LogP contribution in [-0.2, 0) is 26.2 Å². The highest BCUT2D eigenvalue weighted by Crippen LogP contribution is 2.33. The monoisotopic (exact) mass is 649 g/mol. The number of anilines is 1. The van der Waals surface area contributed by atoms with Gasteiger partial charge in [0.1, 0.15) is 12.6 Å². The van der Waals surface area contributed by atoms with Gasteiger partial charge in [0.25, 0.3) is 10.0 Å². The number of benzene rings is 3. The molecular formula is C31H34Cl3N3O4S. The fourth-order valence-corrected chi connectivity index (χ4v) is 7.31. The normalized spacial score (nSPS) is 14.7. The van der Waals surface area contributed by atoms with Crippen molar-refractivity contribution in [2.24, 2.45) is 0 Å². The minimum Gasteiger partial charge on any atom is -0.352 e. The van der Waals surface area contributed by atoms with E-state index in [1.807, 2.05) is 6.92 Å². The number of halogens is 3. The van der Waals surface area contributed by atoms with Crippen molar-refractivity contribution in [3.05, 3.63) is 93.4 Å². The van der Waals surface area contributed by atoms with Crippen molar-refractivity contribution < 1.29 is 18.0 Å². The average molecular weight is 651 g/mol. The first kappa shape index (κ1) is 32.1. The van der Waals surface area contributed by atoms with E-state index in [1.165, 1.54) is 35.2 Å². The van der Waals surface area contributed by atoms with Crippen LogP contribution < -0.4 is 9.62 Å². The highest BCUT2D eigenvalue weighted by atomic mass is 35.5. The third-order valence-electron chi connectivity index (χ3n) is 7.39. The summed E-state index contributed by atoms with van der Waals surface area (Å²) in [5, 5.41) is 4.06. The first-order valence-electron chi connectivity index (χ1n) is 14.0. The van der Waals surface area contributed by atoms with Crippen molar-refractivity contribution in [3.8, 4) is 0 Å². The van der Waals surface area contributed by atoms with Crippen molar-refractivity contribution in [3.63, 3.8) is 0 Å². The third-order valence-corrected chi connectivity index (χ3v) is 9.96. The highest BCUT2D eigenvalue weighted by Gasteiger charge is 2.35. The summed E-state index contributed by atoms with van der Waals surface area (Å²) in [5.74, 6) is -0.810. The quantitative estimate of drug-likeness (QED) is 0.240. The standard InChI is InChI=1S/C31H34Cl3N3O4S/c1-2-28(31(39)35-25-9-5-3-6-10-25)36(20-22-13-15-23(32)16-14-22)30(38)21-37(29-18-17-24(33)19-27(29)34)42(40,41)26-11-7-4-8-12-26/h4,7-8,11-19,25,28H,2-3,5-6,9-10,20-21H2,1H3,(H,35,39). The number of nitrogens with zero attached hydrogens (tertiary/aromatic N) is 2. The molecule has 4 rings (SSSR count). The van der Waals surface area contributed by atoms with Gasteiger partial charge in [-0.1, -0.05) is 91.3 Å². The molecule has 0 aliphatic heterocycles. The second-order valence-electron chi connectivity index (χ2n) is 10.3. The Balaban J connectivity index is 1.72. The molecule has 1 fully saturated rings. The van der Waals surface area contributed by atoms with Crippen molar-refractivity contribution in [2.45, 2.75) is 69.0 Å². The van der Waals surface area contributed by atoms with Gasteiger partial charge in [-0.15, -0.1) is 0 Å². The van der Waals surface area contributed by atoms with E-state index in [2.05, 4.69) is 5.32 Å². The van der Waals surface area contributed by atoms with Crippen LogP contribution in [0.15, 0.2) is 77.7 Å². The van der Waals surface area contributed by atoms with Crippen LogP contribution in [0, 0.1) is 0 Å². The molecule has 3 aromatic rings. The summed E-state index contributed by atoms with van der Waals surface area (Å²) in [5.41, 5.74) is 0.850. The zero-order chi connectivity index (χ0) is 30.3. The molecule has 7 nitrogen and oxygen atoms in total. The molecule has 2 amide bonds. The maximum atomic E-state index is 14.2. The lowest BCUT2D eigenvalue weighted by Gasteiger charge is -2.34. The van der Waals surface area contributed by atoms with Crippen LogP contribution in [0.5, 0.6) is 0 Å². The minimum atomic E-state index is -4.23. The van der Waals surface area contributed by atoms with E-state index >= 15 is 0 Å². The summed E-state index contributed by atoms with van der Waals surface area (Å²) in [6, 6.07) is 18.4. The van der Waals surface area contributed by atoms with Crippen LogP contribution in [0.3, 0.4) is 0 Å². The smallest absolute Gasteiger partial charge is 0.264 e. The number of nitrogens with one attached hydrogen (secondary N) is 1. The summed E-state index contributed by atoms with van der Waals surface area (Å²) in [7, 11) is -4.23. The second-order valence-corrected chi connectivity index (χ2v) is 13.5. The van der Waals surface area contributed by atoms with Gasteiger partial charge in [-0.25, -0.2) is 8.42 Å². The van der Waals surface area contributed by atoms with Gasteiger partial charge in [0.05, 0.1) is 15.6 Å². The number of amides is 2. The molecule has 3 aromatic carbocycles. The van der Waals surface area contributed by atoms with Gasteiger partial charge in [0.2, 0.25) is 11.8 Å². The van der Waals surface area contributed by atoms with Crippen LogP contribution in [-0.4, -0.2) is 43.8 Å². The molecule has 1 aliphatic carbocycles. The predicted octanol–water partition coefficient (Wildman–Crippen LogP) is 7.10. The molecule has 0 bridgehead atoms. The predicted molar refractivity (Wildman–Crippen MR) is 169 cm³/mol. The van der Waals surface area contributed by atoms with E-state index in [-0.39, 0.29) is 34.1 Å². The van der Waals surface area contributed by atoms with Gasteiger partial charge in [0, 0.05) is 22.6 Å². The van der Waals surface area contributed by atoms with Gasteiger partial charge in [-0.3, -0.25) is 13.9 Å². The highest BCUT2D eigenvalue weighted by molar-refractivity contribution is 7.92.